The van der Waals surface area contributed by atoms with Crippen molar-refractivity contribution in [2.45, 2.75) is 13.0 Å². The highest BCUT2D eigenvalue weighted by Gasteiger charge is 2.18. The number of carbonyl (C=O) groups is 1. The van der Waals surface area contributed by atoms with Crippen molar-refractivity contribution in [3.05, 3.63) is 23.9 Å². The van der Waals surface area contributed by atoms with E-state index < -0.39 is 12.1 Å². The summed E-state index contributed by atoms with van der Waals surface area (Å²) in [6.07, 6.45) is 0.0869. The van der Waals surface area contributed by atoms with Gasteiger partial charge in [-0.2, -0.15) is 0 Å². The zero-order chi connectivity index (χ0) is 11.3. The molecule has 0 unspecified atom stereocenters. The number of carbonyl (C=O) groups excluding carboxylic acids is 1. The lowest BCUT2D eigenvalue weighted by molar-refractivity contribution is -0.153. The molecule has 0 saturated carbocycles. The van der Waals surface area contributed by atoms with Gasteiger partial charge in [0.05, 0.1) is 13.7 Å². The van der Waals surface area contributed by atoms with E-state index in [4.69, 9.17) is 4.74 Å². The Kier molecular flexibility index (Phi) is 4.05. The number of aliphatic hydroxyl groups is 1. The quantitative estimate of drug-likeness (QED) is 0.742. The van der Waals surface area contributed by atoms with Gasteiger partial charge in [0.1, 0.15) is 0 Å². The monoisotopic (exact) mass is 211 g/mol. The molecular formula is C10H13NO4. The van der Waals surface area contributed by atoms with E-state index in [1.807, 2.05) is 0 Å². The van der Waals surface area contributed by atoms with Crippen LogP contribution in [0.2, 0.25) is 0 Å². The molecule has 1 rings (SSSR count). The highest BCUT2D eigenvalue weighted by atomic mass is 16.5. The van der Waals surface area contributed by atoms with Gasteiger partial charge in [0.25, 0.3) is 0 Å². The Morgan fingerprint density at radius 3 is 2.80 bits per heavy atom. The maximum atomic E-state index is 11.2. The third-order valence-corrected chi connectivity index (χ3v) is 1.79. The zero-order valence-corrected chi connectivity index (χ0v) is 8.64. The molecule has 0 aromatic carbocycles. The molecule has 0 aliphatic rings. The summed E-state index contributed by atoms with van der Waals surface area (Å²) in [5.41, 5.74) is 0.384. The number of nitrogens with zero attached hydrogens (tertiary/aromatic N) is 1. The number of aliphatic hydroxyl groups excluding tert-OH is 1. The molecule has 1 N–H and O–H groups in total. The molecule has 0 fully saturated rings. The van der Waals surface area contributed by atoms with E-state index in [-0.39, 0.29) is 6.61 Å². The number of aromatic nitrogens is 1. The SMILES string of the molecule is CCOC(=O)[C@H](O)c1ccc(OC)nc1. The lowest BCUT2D eigenvalue weighted by Gasteiger charge is -2.09. The molecule has 0 aliphatic heterocycles. The maximum absolute atomic E-state index is 11.2. The maximum Gasteiger partial charge on any atom is 0.339 e. The lowest BCUT2D eigenvalue weighted by atomic mass is 10.2. The Morgan fingerprint density at radius 1 is 1.60 bits per heavy atom. The normalized spacial score (nSPS) is 11.9. The second-order valence-electron chi connectivity index (χ2n) is 2.79. The second kappa shape index (κ2) is 5.31. The summed E-state index contributed by atoms with van der Waals surface area (Å²) in [4.78, 5) is 15.0. The van der Waals surface area contributed by atoms with Gasteiger partial charge in [-0.1, -0.05) is 0 Å². The molecule has 0 spiro atoms. The summed E-state index contributed by atoms with van der Waals surface area (Å²) in [5.74, 6) is -0.251. The molecule has 0 saturated heterocycles. The summed E-state index contributed by atoms with van der Waals surface area (Å²) in [6, 6.07) is 3.13. The van der Waals surface area contributed by atoms with Crippen LogP contribution in [0.15, 0.2) is 18.3 Å². The predicted molar refractivity (Wildman–Crippen MR) is 52.4 cm³/mol. The third-order valence-electron chi connectivity index (χ3n) is 1.79. The molecule has 15 heavy (non-hydrogen) atoms. The largest absolute Gasteiger partial charge is 0.481 e. The first-order valence-corrected chi connectivity index (χ1v) is 4.53. The van der Waals surface area contributed by atoms with E-state index >= 15 is 0 Å². The fraction of sp³-hybridized carbons (Fsp3) is 0.400. The van der Waals surface area contributed by atoms with Crippen LogP contribution in [0.4, 0.5) is 0 Å². The molecule has 1 heterocycles. The van der Waals surface area contributed by atoms with Gasteiger partial charge in [-0.05, 0) is 13.0 Å². The number of pyridine rings is 1. The van der Waals surface area contributed by atoms with Crippen LogP contribution in [-0.4, -0.2) is 29.8 Å². The van der Waals surface area contributed by atoms with Crippen LogP contribution in [0.1, 0.15) is 18.6 Å². The molecule has 5 nitrogen and oxygen atoms in total. The van der Waals surface area contributed by atoms with Crippen LogP contribution >= 0.6 is 0 Å². The van der Waals surface area contributed by atoms with E-state index in [1.165, 1.54) is 13.3 Å². The van der Waals surface area contributed by atoms with Gasteiger partial charge < -0.3 is 14.6 Å². The van der Waals surface area contributed by atoms with Crippen LogP contribution in [0.5, 0.6) is 5.88 Å². The zero-order valence-electron chi connectivity index (χ0n) is 8.64. The van der Waals surface area contributed by atoms with Crippen molar-refractivity contribution in [3.63, 3.8) is 0 Å². The first-order chi connectivity index (χ1) is 7.19. The van der Waals surface area contributed by atoms with Crippen molar-refractivity contribution < 1.29 is 19.4 Å². The molecule has 0 amide bonds. The Balaban J connectivity index is 2.73. The molecule has 5 heteroatoms. The average Bonchev–Trinajstić information content (AvgIpc) is 2.28. The minimum Gasteiger partial charge on any atom is -0.481 e. The van der Waals surface area contributed by atoms with Gasteiger partial charge in [0.15, 0.2) is 6.10 Å². The molecule has 0 aliphatic carbocycles. The number of ether oxygens (including phenoxy) is 2. The van der Waals surface area contributed by atoms with Gasteiger partial charge in [-0.15, -0.1) is 0 Å². The van der Waals surface area contributed by atoms with Crippen molar-refractivity contribution in [1.29, 1.82) is 0 Å². The van der Waals surface area contributed by atoms with Crippen LogP contribution in [0.25, 0.3) is 0 Å². The molecule has 0 radical (unpaired) electrons. The first kappa shape index (κ1) is 11.5. The summed E-state index contributed by atoms with van der Waals surface area (Å²) in [6.45, 7) is 1.91. The van der Waals surface area contributed by atoms with E-state index in [9.17, 15) is 9.90 Å². The molecule has 0 bridgehead atoms. The lowest BCUT2D eigenvalue weighted by Crippen LogP contribution is -2.15. The summed E-state index contributed by atoms with van der Waals surface area (Å²) in [5, 5.41) is 9.53. The van der Waals surface area contributed by atoms with E-state index in [2.05, 4.69) is 9.72 Å². The first-order valence-electron chi connectivity index (χ1n) is 4.53. The predicted octanol–water partition coefficient (Wildman–Crippen LogP) is 0.687. The summed E-state index contributed by atoms with van der Waals surface area (Å²) in [7, 11) is 1.49. The van der Waals surface area contributed by atoms with Crippen molar-refractivity contribution in [2.24, 2.45) is 0 Å². The number of esters is 1. The Bertz CT molecular complexity index is 323. The van der Waals surface area contributed by atoms with Crippen molar-refractivity contribution >= 4 is 5.97 Å². The van der Waals surface area contributed by atoms with Gasteiger partial charge in [0.2, 0.25) is 5.88 Å². The van der Waals surface area contributed by atoms with E-state index in [0.717, 1.165) is 0 Å². The molecular weight excluding hydrogens is 198 g/mol. The van der Waals surface area contributed by atoms with Crippen molar-refractivity contribution in [2.75, 3.05) is 13.7 Å². The van der Waals surface area contributed by atoms with Gasteiger partial charge in [-0.3, -0.25) is 0 Å². The number of rotatable bonds is 4. The molecule has 1 atom stereocenters. The van der Waals surface area contributed by atoms with Crippen molar-refractivity contribution in [1.82, 2.24) is 4.98 Å². The van der Waals surface area contributed by atoms with Gasteiger partial charge >= 0.3 is 5.97 Å². The fourth-order valence-corrected chi connectivity index (χ4v) is 1.03. The number of methoxy groups -OCH3 is 1. The summed E-state index contributed by atoms with van der Waals surface area (Å²) >= 11 is 0. The fourth-order valence-electron chi connectivity index (χ4n) is 1.03. The van der Waals surface area contributed by atoms with Gasteiger partial charge in [-0.25, -0.2) is 9.78 Å². The minimum atomic E-state index is -1.29. The third kappa shape index (κ3) is 2.92. The minimum absolute atomic E-state index is 0.236. The van der Waals surface area contributed by atoms with Crippen molar-refractivity contribution in [3.8, 4) is 5.88 Å². The Labute approximate surface area is 87.7 Å². The smallest absolute Gasteiger partial charge is 0.339 e. The van der Waals surface area contributed by atoms with E-state index in [0.29, 0.717) is 11.4 Å². The Hall–Kier alpha value is -1.62. The topological polar surface area (TPSA) is 68.7 Å². The highest BCUT2D eigenvalue weighted by molar-refractivity contribution is 5.76. The molecule has 1 aromatic rings. The van der Waals surface area contributed by atoms with Crippen LogP contribution < -0.4 is 4.74 Å². The second-order valence-corrected chi connectivity index (χ2v) is 2.79. The highest BCUT2D eigenvalue weighted by Crippen LogP contribution is 2.15. The molecule has 1 aromatic heterocycles. The summed E-state index contributed by atoms with van der Waals surface area (Å²) < 4.78 is 9.51. The van der Waals surface area contributed by atoms with Gasteiger partial charge in [0, 0.05) is 17.8 Å². The van der Waals surface area contributed by atoms with Crippen LogP contribution in [-0.2, 0) is 9.53 Å². The molecule has 82 valence electrons. The Morgan fingerprint density at radius 2 is 2.33 bits per heavy atom. The standard InChI is InChI=1S/C10H13NO4/c1-3-15-10(13)9(12)7-4-5-8(14-2)11-6-7/h4-6,9,12H,3H2,1-2H3/t9-/m1/s1. The van der Waals surface area contributed by atoms with Crippen LogP contribution in [0, 0.1) is 0 Å². The van der Waals surface area contributed by atoms with E-state index in [1.54, 1.807) is 19.1 Å². The van der Waals surface area contributed by atoms with Crippen LogP contribution in [0.3, 0.4) is 0 Å². The number of hydrogen-bond acceptors (Lipinski definition) is 5. The average molecular weight is 211 g/mol. The number of hydrogen-bond donors (Lipinski definition) is 1.